The first kappa shape index (κ1) is 20.1. The monoisotopic (exact) mass is 395 g/mol. The maximum Gasteiger partial charge on any atom is 0.228 e. The molecule has 1 aliphatic heterocycles. The summed E-state index contributed by atoms with van der Waals surface area (Å²) in [6, 6.07) is 12.1. The Balaban J connectivity index is 2.00. The van der Waals surface area contributed by atoms with Gasteiger partial charge in [-0.1, -0.05) is 30.8 Å². The van der Waals surface area contributed by atoms with E-state index in [-0.39, 0.29) is 23.6 Å². The maximum atomic E-state index is 12.6. The van der Waals surface area contributed by atoms with E-state index in [2.05, 4.69) is 24.0 Å². The van der Waals surface area contributed by atoms with Gasteiger partial charge in [0.15, 0.2) is 0 Å². The van der Waals surface area contributed by atoms with E-state index >= 15 is 0 Å². The molecule has 2 heterocycles. The van der Waals surface area contributed by atoms with Crippen LogP contribution in [0.1, 0.15) is 31.4 Å². The molecule has 28 heavy (non-hydrogen) atoms. The van der Waals surface area contributed by atoms with Crippen LogP contribution in [0.4, 0.5) is 0 Å². The van der Waals surface area contributed by atoms with Gasteiger partial charge in [-0.15, -0.1) is 0 Å². The van der Waals surface area contributed by atoms with Gasteiger partial charge in [0.2, 0.25) is 5.91 Å². The van der Waals surface area contributed by atoms with Crippen LogP contribution in [0.5, 0.6) is 5.75 Å². The highest BCUT2D eigenvalue weighted by Gasteiger charge is 2.37. The second-order valence-corrected chi connectivity index (χ2v) is 8.09. The zero-order valence-corrected chi connectivity index (χ0v) is 17.4. The number of ether oxygens (including phenoxy) is 1. The van der Waals surface area contributed by atoms with Gasteiger partial charge in [-0.25, -0.2) is 0 Å². The standard InChI is InChI=1S/C22H25N3O2S/c1-14(23)13-19(26)25(3)22-15(2)20(16-5-7-18(27-4)8-6-16)21(28-22)17-9-11-24-12-10-17/h5-12,15,22-23H,13H2,1-4H3/t15-,22?/m1/s1. The Hall–Kier alpha value is -2.60. The minimum Gasteiger partial charge on any atom is -0.497 e. The van der Waals surface area contributed by atoms with Gasteiger partial charge in [0.25, 0.3) is 0 Å². The minimum atomic E-state index is -0.0260. The van der Waals surface area contributed by atoms with E-state index < -0.39 is 0 Å². The predicted molar refractivity (Wildman–Crippen MR) is 115 cm³/mol. The van der Waals surface area contributed by atoms with Crippen molar-refractivity contribution in [3.8, 4) is 5.75 Å². The highest BCUT2D eigenvalue weighted by Crippen LogP contribution is 2.52. The second-order valence-electron chi connectivity index (χ2n) is 6.97. The summed E-state index contributed by atoms with van der Waals surface area (Å²) in [5.74, 6) is 0.932. The summed E-state index contributed by atoms with van der Waals surface area (Å²) < 4.78 is 5.30. The summed E-state index contributed by atoms with van der Waals surface area (Å²) in [5, 5.41) is 7.62. The molecule has 0 aliphatic carbocycles. The SMILES string of the molecule is COc1ccc(C2=C(c3ccncc3)SC(N(C)C(=O)CC(C)=N)[C@@H]2C)cc1. The Kier molecular flexibility index (Phi) is 6.19. The molecule has 1 unspecified atom stereocenters. The van der Waals surface area contributed by atoms with Gasteiger partial charge in [-0.05, 0) is 47.9 Å². The molecule has 146 valence electrons. The number of thioether (sulfide) groups is 1. The third-order valence-electron chi connectivity index (χ3n) is 4.90. The van der Waals surface area contributed by atoms with Crippen molar-refractivity contribution in [2.75, 3.05) is 14.2 Å². The van der Waals surface area contributed by atoms with E-state index in [0.717, 1.165) is 21.8 Å². The number of carbonyl (C=O) groups excluding carboxylic acids is 1. The smallest absolute Gasteiger partial charge is 0.228 e. The summed E-state index contributed by atoms with van der Waals surface area (Å²) >= 11 is 1.70. The number of amides is 1. The molecule has 2 aromatic rings. The van der Waals surface area contributed by atoms with Gasteiger partial charge in [-0.3, -0.25) is 9.78 Å². The van der Waals surface area contributed by atoms with Crippen LogP contribution in [-0.4, -0.2) is 41.0 Å². The molecule has 1 aromatic heterocycles. The number of pyridine rings is 1. The van der Waals surface area contributed by atoms with Crippen molar-refractivity contribution in [2.24, 2.45) is 5.92 Å². The first-order valence-electron chi connectivity index (χ1n) is 9.17. The molecule has 2 atom stereocenters. The molecule has 0 saturated carbocycles. The maximum absolute atomic E-state index is 12.6. The Morgan fingerprint density at radius 2 is 1.82 bits per heavy atom. The van der Waals surface area contributed by atoms with Crippen molar-refractivity contribution in [3.05, 3.63) is 59.9 Å². The lowest BCUT2D eigenvalue weighted by Crippen LogP contribution is -2.38. The Bertz CT molecular complexity index is 894. The van der Waals surface area contributed by atoms with Gasteiger partial charge in [0.05, 0.1) is 18.9 Å². The molecule has 6 heteroatoms. The summed E-state index contributed by atoms with van der Waals surface area (Å²) in [5.41, 5.74) is 3.82. The molecule has 0 saturated heterocycles. The zero-order chi connectivity index (χ0) is 20.3. The molecule has 1 aliphatic rings. The lowest BCUT2D eigenvalue weighted by atomic mass is 9.91. The number of rotatable bonds is 6. The predicted octanol–water partition coefficient (Wildman–Crippen LogP) is 4.56. The summed E-state index contributed by atoms with van der Waals surface area (Å²) in [4.78, 5) is 19.7. The van der Waals surface area contributed by atoms with E-state index in [1.54, 1.807) is 43.1 Å². The molecule has 1 aromatic carbocycles. The number of methoxy groups -OCH3 is 1. The molecule has 0 radical (unpaired) electrons. The van der Waals surface area contributed by atoms with Gasteiger partial charge >= 0.3 is 0 Å². The van der Waals surface area contributed by atoms with Crippen molar-refractivity contribution in [1.29, 1.82) is 5.41 Å². The largest absolute Gasteiger partial charge is 0.497 e. The molecule has 3 rings (SSSR count). The minimum absolute atomic E-state index is 0.0212. The number of carbonyl (C=O) groups is 1. The summed E-state index contributed by atoms with van der Waals surface area (Å²) in [6.07, 6.45) is 3.74. The van der Waals surface area contributed by atoms with Gasteiger partial charge < -0.3 is 15.0 Å². The van der Waals surface area contributed by atoms with Crippen LogP contribution in [0.3, 0.4) is 0 Å². The van der Waals surface area contributed by atoms with Crippen molar-refractivity contribution in [3.63, 3.8) is 0 Å². The van der Waals surface area contributed by atoms with Crippen LogP contribution < -0.4 is 4.74 Å². The number of nitrogens with one attached hydrogen (secondary N) is 1. The first-order valence-corrected chi connectivity index (χ1v) is 10.1. The number of aromatic nitrogens is 1. The topological polar surface area (TPSA) is 66.3 Å². The number of nitrogens with zero attached hydrogens (tertiary/aromatic N) is 2. The lowest BCUT2D eigenvalue weighted by Gasteiger charge is -2.28. The Labute approximate surface area is 170 Å². The highest BCUT2D eigenvalue weighted by atomic mass is 32.2. The quantitative estimate of drug-likeness (QED) is 0.729. The van der Waals surface area contributed by atoms with E-state index in [0.29, 0.717) is 5.71 Å². The normalized spacial score (nSPS) is 18.9. The summed E-state index contributed by atoms with van der Waals surface area (Å²) in [6.45, 7) is 3.83. The van der Waals surface area contributed by atoms with Crippen LogP contribution in [0, 0.1) is 11.3 Å². The third kappa shape index (κ3) is 4.12. The first-order chi connectivity index (χ1) is 13.4. The molecular weight excluding hydrogens is 370 g/mol. The fourth-order valence-electron chi connectivity index (χ4n) is 3.43. The molecule has 0 bridgehead atoms. The van der Waals surface area contributed by atoms with E-state index in [9.17, 15) is 4.79 Å². The Morgan fingerprint density at radius 1 is 1.18 bits per heavy atom. The third-order valence-corrected chi connectivity index (χ3v) is 6.56. The van der Waals surface area contributed by atoms with Crippen LogP contribution in [0.2, 0.25) is 0 Å². The van der Waals surface area contributed by atoms with Gasteiger partial charge in [-0.2, -0.15) is 0 Å². The Morgan fingerprint density at radius 3 is 2.39 bits per heavy atom. The van der Waals surface area contributed by atoms with E-state index in [1.165, 1.54) is 5.57 Å². The molecule has 0 spiro atoms. The van der Waals surface area contributed by atoms with Crippen molar-refractivity contribution in [2.45, 2.75) is 25.6 Å². The lowest BCUT2D eigenvalue weighted by molar-refractivity contribution is -0.129. The zero-order valence-electron chi connectivity index (χ0n) is 16.6. The average Bonchev–Trinajstić information content (AvgIpc) is 3.04. The van der Waals surface area contributed by atoms with E-state index in [1.807, 2.05) is 31.3 Å². The molecule has 5 nitrogen and oxygen atoms in total. The average molecular weight is 396 g/mol. The molecule has 1 amide bonds. The highest BCUT2D eigenvalue weighted by molar-refractivity contribution is 8.09. The van der Waals surface area contributed by atoms with Crippen molar-refractivity contribution in [1.82, 2.24) is 9.88 Å². The van der Waals surface area contributed by atoms with Crippen molar-refractivity contribution < 1.29 is 9.53 Å². The van der Waals surface area contributed by atoms with Crippen LogP contribution in [0.15, 0.2) is 48.8 Å². The molecular formula is C22H25N3O2S. The van der Waals surface area contributed by atoms with Crippen molar-refractivity contribution >= 4 is 33.9 Å². The summed E-state index contributed by atoms with van der Waals surface area (Å²) in [7, 11) is 3.49. The van der Waals surface area contributed by atoms with Crippen LogP contribution in [-0.2, 0) is 4.79 Å². The fourth-order valence-corrected chi connectivity index (χ4v) is 5.00. The van der Waals surface area contributed by atoms with Crippen LogP contribution in [0.25, 0.3) is 10.5 Å². The van der Waals surface area contributed by atoms with E-state index in [4.69, 9.17) is 10.1 Å². The van der Waals surface area contributed by atoms with Crippen LogP contribution >= 0.6 is 11.8 Å². The fraction of sp³-hybridized carbons (Fsp3) is 0.318. The second kappa shape index (κ2) is 8.61. The molecule has 0 fully saturated rings. The number of hydrogen-bond acceptors (Lipinski definition) is 5. The molecule has 1 N–H and O–H groups in total. The van der Waals surface area contributed by atoms with Gasteiger partial charge in [0.1, 0.15) is 5.75 Å². The number of hydrogen-bond donors (Lipinski definition) is 1. The number of benzene rings is 1. The van der Waals surface area contributed by atoms with Gasteiger partial charge in [0, 0.05) is 36.0 Å².